The minimum absolute atomic E-state index is 0.397. The molecule has 0 saturated heterocycles. The molecule has 3 N–H and O–H groups in total. The molecule has 4 nitrogen and oxygen atoms in total. The monoisotopic (exact) mass is 127 g/mol. The molecule has 0 radical (unpaired) electrons. The quantitative estimate of drug-likeness (QED) is 0.594. The van der Waals surface area contributed by atoms with E-state index in [2.05, 4.69) is 10.5 Å². The van der Waals surface area contributed by atoms with Crippen LogP contribution >= 0.6 is 0 Å². The molecule has 1 aromatic heterocycles. The molecule has 1 rings (SSSR count). The van der Waals surface area contributed by atoms with Crippen LogP contribution < -0.4 is 11.1 Å². The van der Waals surface area contributed by atoms with Gasteiger partial charge in [0, 0.05) is 13.1 Å². The Balaban J connectivity index is 2.74. The molecule has 0 bridgehead atoms. The Labute approximate surface area is 53.0 Å². The smallest absolute Gasteiger partial charge is 0.169 e. The third-order valence-electron chi connectivity index (χ3n) is 1.02. The van der Waals surface area contributed by atoms with Gasteiger partial charge in [0.25, 0.3) is 0 Å². The number of rotatable bonds is 2. The first-order chi connectivity index (χ1) is 4.36. The molecule has 0 saturated carbocycles. The minimum atomic E-state index is 0.397. The van der Waals surface area contributed by atoms with Gasteiger partial charge in [0.15, 0.2) is 11.6 Å². The summed E-state index contributed by atoms with van der Waals surface area (Å²) in [5.74, 6) is 1.41. The zero-order valence-corrected chi connectivity index (χ0v) is 5.22. The van der Waals surface area contributed by atoms with Gasteiger partial charge in [-0.1, -0.05) is 5.16 Å². The molecule has 9 heavy (non-hydrogen) atoms. The maximum atomic E-state index is 5.26. The largest absolute Gasteiger partial charge is 0.370 e. The molecule has 0 spiro atoms. The lowest BCUT2D eigenvalue weighted by atomic mass is 10.4. The normalized spacial score (nSPS) is 9.56. The van der Waals surface area contributed by atoms with Gasteiger partial charge >= 0.3 is 0 Å². The van der Waals surface area contributed by atoms with Crippen LogP contribution in [-0.4, -0.2) is 12.2 Å². The van der Waals surface area contributed by atoms with Gasteiger partial charge in [-0.15, -0.1) is 0 Å². The summed E-state index contributed by atoms with van der Waals surface area (Å²) in [4.78, 5) is 0. The lowest BCUT2D eigenvalue weighted by Gasteiger charge is -1.83. The van der Waals surface area contributed by atoms with Crippen molar-refractivity contribution in [1.29, 1.82) is 0 Å². The predicted molar refractivity (Wildman–Crippen MR) is 33.9 cm³/mol. The Morgan fingerprint density at radius 2 is 2.67 bits per heavy atom. The molecule has 0 aromatic carbocycles. The van der Waals surface area contributed by atoms with E-state index in [0.717, 1.165) is 5.82 Å². The second-order valence-electron chi connectivity index (χ2n) is 1.63. The molecule has 0 fully saturated rings. The standard InChI is InChI=1S/C5H9N3O/c1-7-5-2-4(3-6)9-8-5/h2H,3,6H2,1H3,(H,7,8). The first-order valence-corrected chi connectivity index (χ1v) is 2.70. The summed E-state index contributed by atoms with van der Waals surface area (Å²) in [6.45, 7) is 0.397. The fraction of sp³-hybridized carbons (Fsp3) is 0.400. The first-order valence-electron chi connectivity index (χ1n) is 2.70. The first kappa shape index (κ1) is 6.10. The second kappa shape index (κ2) is 2.50. The number of aromatic nitrogens is 1. The van der Waals surface area contributed by atoms with Crippen molar-refractivity contribution in [3.63, 3.8) is 0 Å². The van der Waals surface area contributed by atoms with Gasteiger partial charge in [0.05, 0.1) is 6.54 Å². The molecule has 0 aliphatic rings. The van der Waals surface area contributed by atoms with E-state index in [-0.39, 0.29) is 0 Å². The predicted octanol–water partition coefficient (Wildman–Crippen LogP) is 0.175. The van der Waals surface area contributed by atoms with Crippen LogP contribution in [0.25, 0.3) is 0 Å². The second-order valence-corrected chi connectivity index (χ2v) is 1.63. The molecule has 0 amide bonds. The highest BCUT2D eigenvalue weighted by Crippen LogP contribution is 2.05. The van der Waals surface area contributed by atoms with Crippen molar-refractivity contribution >= 4 is 5.82 Å². The van der Waals surface area contributed by atoms with Gasteiger partial charge in [-0.05, 0) is 0 Å². The van der Waals surface area contributed by atoms with Crippen molar-refractivity contribution in [2.45, 2.75) is 6.54 Å². The van der Waals surface area contributed by atoms with E-state index in [1.54, 1.807) is 13.1 Å². The summed E-state index contributed by atoms with van der Waals surface area (Å²) in [5, 5.41) is 6.46. The molecule has 0 aliphatic heterocycles. The van der Waals surface area contributed by atoms with E-state index in [0.29, 0.717) is 12.3 Å². The third kappa shape index (κ3) is 1.20. The number of anilines is 1. The van der Waals surface area contributed by atoms with Gasteiger partial charge in [-0.3, -0.25) is 0 Å². The Kier molecular flexibility index (Phi) is 1.69. The molecule has 0 aliphatic carbocycles. The van der Waals surface area contributed by atoms with Crippen LogP contribution in [0.2, 0.25) is 0 Å². The Morgan fingerprint density at radius 3 is 3.00 bits per heavy atom. The highest BCUT2D eigenvalue weighted by atomic mass is 16.5. The minimum Gasteiger partial charge on any atom is -0.370 e. The molecular weight excluding hydrogens is 118 g/mol. The van der Waals surface area contributed by atoms with Gasteiger partial charge < -0.3 is 15.6 Å². The lowest BCUT2D eigenvalue weighted by Crippen LogP contribution is -1.92. The molecule has 0 atom stereocenters. The SMILES string of the molecule is CNc1cc(CN)on1. The topological polar surface area (TPSA) is 64.1 Å². The highest BCUT2D eigenvalue weighted by molar-refractivity contribution is 5.32. The van der Waals surface area contributed by atoms with Crippen molar-refractivity contribution in [3.8, 4) is 0 Å². The van der Waals surface area contributed by atoms with Crippen molar-refractivity contribution in [1.82, 2.24) is 5.16 Å². The molecule has 0 unspecified atom stereocenters. The molecule has 50 valence electrons. The average molecular weight is 127 g/mol. The van der Waals surface area contributed by atoms with Crippen molar-refractivity contribution in [2.24, 2.45) is 5.73 Å². The van der Waals surface area contributed by atoms with Crippen molar-refractivity contribution in [2.75, 3.05) is 12.4 Å². The van der Waals surface area contributed by atoms with Gasteiger partial charge in [-0.25, -0.2) is 0 Å². The van der Waals surface area contributed by atoms with Crippen molar-refractivity contribution < 1.29 is 4.52 Å². The molecule has 1 aromatic rings. The van der Waals surface area contributed by atoms with Crippen LogP contribution in [0.15, 0.2) is 10.6 Å². The fourth-order valence-corrected chi connectivity index (χ4v) is 0.527. The Hall–Kier alpha value is -1.03. The van der Waals surface area contributed by atoms with Crippen LogP contribution in [-0.2, 0) is 6.54 Å². The number of hydrogen-bond acceptors (Lipinski definition) is 4. The zero-order valence-electron chi connectivity index (χ0n) is 5.22. The maximum absolute atomic E-state index is 5.26. The van der Waals surface area contributed by atoms with E-state index in [9.17, 15) is 0 Å². The van der Waals surface area contributed by atoms with E-state index in [1.165, 1.54) is 0 Å². The summed E-state index contributed by atoms with van der Waals surface area (Å²) in [6.07, 6.45) is 0. The third-order valence-corrected chi connectivity index (χ3v) is 1.02. The van der Waals surface area contributed by atoms with Crippen LogP contribution in [0.5, 0.6) is 0 Å². The number of nitrogens with two attached hydrogens (primary N) is 1. The van der Waals surface area contributed by atoms with Gasteiger partial charge in [0.1, 0.15) is 0 Å². The highest BCUT2D eigenvalue weighted by Gasteiger charge is 1.97. The fourth-order valence-electron chi connectivity index (χ4n) is 0.527. The number of hydrogen-bond donors (Lipinski definition) is 2. The van der Waals surface area contributed by atoms with E-state index < -0.39 is 0 Å². The van der Waals surface area contributed by atoms with Crippen LogP contribution in [0.1, 0.15) is 5.76 Å². The summed E-state index contributed by atoms with van der Waals surface area (Å²) in [5.41, 5.74) is 5.26. The average Bonchev–Trinajstić information content (AvgIpc) is 2.34. The van der Waals surface area contributed by atoms with Crippen molar-refractivity contribution in [3.05, 3.63) is 11.8 Å². The molecular formula is C5H9N3O. The Morgan fingerprint density at radius 1 is 1.89 bits per heavy atom. The number of nitrogens with one attached hydrogen (secondary N) is 1. The molecule has 1 heterocycles. The van der Waals surface area contributed by atoms with E-state index in [1.807, 2.05) is 0 Å². The summed E-state index contributed by atoms with van der Waals surface area (Å²) in [7, 11) is 1.78. The maximum Gasteiger partial charge on any atom is 0.169 e. The molecule has 4 heteroatoms. The van der Waals surface area contributed by atoms with Crippen LogP contribution in [0.4, 0.5) is 5.82 Å². The summed E-state index contributed by atoms with van der Waals surface area (Å²) >= 11 is 0. The zero-order chi connectivity index (χ0) is 6.69. The van der Waals surface area contributed by atoms with E-state index >= 15 is 0 Å². The van der Waals surface area contributed by atoms with Crippen LogP contribution in [0.3, 0.4) is 0 Å². The van der Waals surface area contributed by atoms with E-state index in [4.69, 9.17) is 10.3 Å². The summed E-state index contributed by atoms with van der Waals surface area (Å²) < 4.78 is 4.77. The summed E-state index contributed by atoms with van der Waals surface area (Å²) in [6, 6.07) is 1.76. The number of nitrogens with zero attached hydrogens (tertiary/aromatic N) is 1. The Bertz CT molecular complexity index is 166. The van der Waals surface area contributed by atoms with Gasteiger partial charge in [-0.2, -0.15) is 0 Å². The van der Waals surface area contributed by atoms with Gasteiger partial charge in [0.2, 0.25) is 0 Å². The lowest BCUT2D eigenvalue weighted by molar-refractivity contribution is 0.387. The van der Waals surface area contributed by atoms with Crippen LogP contribution in [0, 0.1) is 0 Å².